The molecule has 1 saturated heterocycles. The maximum absolute atomic E-state index is 14.3. The average molecular weight is 952 g/mol. The SMILES string of the molecule is Cc1ccc(S(=O)(=O)OC[C@]2(CO[Si](c3ccccc3)(c3ccccc3)C(C)(C)C)O[C@@H](n3ccc(=O)[nH]c3=O)[C@H](ON3C(=O)c4ccccc4C3=O)[C@@H]2OCc2cccc3ccccc23)cc1. The highest BCUT2D eigenvalue weighted by atomic mass is 32.2. The van der Waals surface area contributed by atoms with Crippen molar-refractivity contribution >= 4 is 51.4 Å². The summed E-state index contributed by atoms with van der Waals surface area (Å²) in [5.41, 5.74) is -1.97. The van der Waals surface area contributed by atoms with Gasteiger partial charge in [0.15, 0.2) is 12.3 Å². The van der Waals surface area contributed by atoms with E-state index in [-0.39, 0.29) is 22.6 Å². The first-order chi connectivity index (χ1) is 32.6. The number of benzene rings is 6. The Hall–Kier alpha value is -6.63. The molecule has 68 heavy (non-hydrogen) atoms. The Morgan fingerprint density at radius 1 is 0.706 bits per heavy atom. The maximum Gasteiger partial charge on any atom is 0.330 e. The number of H-pyrrole nitrogens is 1. The van der Waals surface area contributed by atoms with Gasteiger partial charge < -0.3 is 13.9 Å². The number of fused-ring (bicyclic) bond motifs is 2. The summed E-state index contributed by atoms with van der Waals surface area (Å²) in [6, 6.07) is 46.4. The lowest BCUT2D eigenvalue weighted by atomic mass is 9.96. The highest BCUT2D eigenvalue weighted by Gasteiger charge is 2.62. The van der Waals surface area contributed by atoms with Crippen molar-refractivity contribution in [1.29, 1.82) is 0 Å². The predicted molar refractivity (Wildman–Crippen MR) is 256 cm³/mol. The number of imide groups is 1. The molecule has 9 rings (SSSR count). The van der Waals surface area contributed by atoms with Gasteiger partial charge in [-0.3, -0.25) is 33.0 Å². The van der Waals surface area contributed by atoms with E-state index in [1.165, 1.54) is 30.5 Å². The summed E-state index contributed by atoms with van der Waals surface area (Å²) in [4.78, 5) is 63.4. The Morgan fingerprint density at radius 3 is 1.91 bits per heavy atom. The molecule has 6 aromatic carbocycles. The van der Waals surface area contributed by atoms with Crippen molar-refractivity contribution in [2.45, 2.75) is 68.3 Å². The molecule has 1 aromatic heterocycles. The quantitative estimate of drug-likeness (QED) is 0.0682. The topological polar surface area (TPSA) is 173 Å². The zero-order chi connectivity index (χ0) is 47.8. The fourth-order valence-electron chi connectivity index (χ4n) is 9.22. The molecule has 0 spiro atoms. The summed E-state index contributed by atoms with van der Waals surface area (Å²) in [5.74, 6) is -1.57. The Balaban J connectivity index is 1.26. The fourth-order valence-corrected chi connectivity index (χ4v) is 14.8. The number of hydrogen-bond donors (Lipinski definition) is 1. The first kappa shape index (κ1) is 46.5. The van der Waals surface area contributed by atoms with Crippen LogP contribution in [0.1, 0.15) is 58.8 Å². The summed E-state index contributed by atoms with van der Waals surface area (Å²) in [5, 5.41) is 3.55. The number of aromatic nitrogens is 2. The van der Waals surface area contributed by atoms with Crippen LogP contribution in [0.5, 0.6) is 0 Å². The largest absolute Gasteiger partial charge is 0.404 e. The molecule has 0 unspecified atom stereocenters. The lowest BCUT2D eigenvalue weighted by Crippen LogP contribution is -2.68. The molecular weight excluding hydrogens is 903 g/mol. The van der Waals surface area contributed by atoms with Crippen molar-refractivity contribution in [3.63, 3.8) is 0 Å². The number of amides is 2. The summed E-state index contributed by atoms with van der Waals surface area (Å²) < 4.78 is 57.4. The molecular formula is C52H49N3O11SSi. The van der Waals surface area contributed by atoms with E-state index in [0.717, 1.165) is 42.9 Å². The molecule has 1 fully saturated rings. The number of aryl methyl sites for hydroxylation is 1. The number of carbonyl (C=O) groups excluding carboxylic acids is 2. The van der Waals surface area contributed by atoms with Gasteiger partial charge in [-0.1, -0.05) is 154 Å². The molecule has 4 atom stereocenters. The van der Waals surface area contributed by atoms with Crippen molar-refractivity contribution in [1.82, 2.24) is 14.6 Å². The predicted octanol–water partition coefficient (Wildman–Crippen LogP) is 6.43. The van der Waals surface area contributed by atoms with E-state index >= 15 is 0 Å². The molecule has 7 aromatic rings. The van der Waals surface area contributed by atoms with E-state index in [9.17, 15) is 27.6 Å². The van der Waals surface area contributed by atoms with Crippen LogP contribution in [-0.2, 0) is 39.6 Å². The monoisotopic (exact) mass is 951 g/mol. The van der Waals surface area contributed by atoms with Gasteiger partial charge in [-0.15, -0.1) is 5.06 Å². The van der Waals surface area contributed by atoms with Crippen LogP contribution in [0.3, 0.4) is 0 Å². The molecule has 2 aliphatic heterocycles. The smallest absolute Gasteiger partial charge is 0.330 e. The molecule has 0 radical (unpaired) electrons. The number of nitrogens with zero attached hydrogens (tertiary/aromatic N) is 2. The van der Waals surface area contributed by atoms with Gasteiger partial charge in [0.25, 0.3) is 35.8 Å². The minimum Gasteiger partial charge on any atom is -0.404 e. The summed E-state index contributed by atoms with van der Waals surface area (Å²) in [6.07, 6.45) is -3.53. The van der Waals surface area contributed by atoms with Crippen LogP contribution in [0, 0.1) is 6.92 Å². The summed E-state index contributed by atoms with van der Waals surface area (Å²) in [6.45, 7) is 6.68. The van der Waals surface area contributed by atoms with Crippen molar-refractivity contribution in [2.24, 2.45) is 0 Å². The van der Waals surface area contributed by atoms with E-state index < -0.39 is 83.8 Å². The lowest BCUT2D eigenvalue weighted by molar-refractivity contribution is -0.187. The average Bonchev–Trinajstić information content (AvgIpc) is 3.76. The van der Waals surface area contributed by atoms with Gasteiger partial charge in [0, 0.05) is 12.3 Å². The second-order valence-corrected chi connectivity index (χ2v) is 23.9. The van der Waals surface area contributed by atoms with Crippen LogP contribution < -0.4 is 21.6 Å². The zero-order valence-corrected chi connectivity index (χ0v) is 39.6. The molecule has 0 aliphatic carbocycles. The number of hydrogen-bond acceptors (Lipinski definition) is 11. The molecule has 0 bridgehead atoms. The molecule has 0 saturated carbocycles. The van der Waals surface area contributed by atoms with E-state index in [1.54, 1.807) is 24.3 Å². The number of rotatable bonds is 15. The highest BCUT2D eigenvalue weighted by Crippen LogP contribution is 2.45. The summed E-state index contributed by atoms with van der Waals surface area (Å²) in [7, 11) is -8.07. The Labute approximate surface area is 393 Å². The first-order valence-electron chi connectivity index (χ1n) is 22.1. The van der Waals surface area contributed by atoms with Crippen LogP contribution in [0.4, 0.5) is 0 Å². The molecule has 1 N–H and O–H groups in total. The maximum atomic E-state index is 14.3. The van der Waals surface area contributed by atoms with Gasteiger partial charge in [-0.05, 0) is 62.9 Å². The van der Waals surface area contributed by atoms with Crippen LogP contribution >= 0.6 is 0 Å². The van der Waals surface area contributed by atoms with Crippen molar-refractivity contribution in [3.05, 3.63) is 207 Å². The second-order valence-electron chi connectivity index (χ2n) is 18.0. The Kier molecular flexibility index (Phi) is 12.6. The summed E-state index contributed by atoms with van der Waals surface area (Å²) >= 11 is 0. The van der Waals surface area contributed by atoms with Crippen LogP contribution in [0.2, 0.25) is 5.04 Å². The third kappa shape index (κ3) is 8.60. The van der Waals surface area contributed by atoms with Gasteiger partial charge in [0.1, 0.15) is 18.3 Å². The minimum atomic E-state index is -4.55. The van der Waals surface area contributed by atoms with Crippen LogP contribution in [-0.4, -0.2) is 74.2 Å². The molecule has 14 nitrogen and oxygen atoms in total. The van der Waals surface area contributed by atoms with Gasteiger partial charge >= 0.3 is 5.69 Å². The van der Waals surface area contributed by atoms with E-state index in [2.05, 4.69) is 25.8 Å². The number of hydroxylamine groups is 2. The number of ether oxygens (including phenoxy) is 2. The number of nitrogens with one attached hydrogen (secondary N) is 1. The number of carbonyl (C=O) groups is 2. The van der Waals surface area contributed by atoms with Crippen LogP contribution in [0.15, 0.2) is 178 Å². The Morgan fingerprint density at radius 2 is 1.29 bits per heavy atom. The molecule has 348 valence electrons. The van der Waals surface area contributed by atoms with Crippen molar-refractivity contribution in [2.75, 3.05) is 13.2 Å². The van der Waals surface area contributed by atoms with Gasteiger partial charge in [-0.2, -0.15) is 8.42 Å². The molecule has 2 aliphatic rings. The standard InChI is InChI=1S/C52H49N3O11SSi/c1-35-26-28-38(29-27-35)67(60,61)63-33-52(34-64-68(51(2,3)4,39-19-7-5-8-20-39)40-21-9-6-10-22-40)46(62-32-37-18-15-17-36-16-11-12-23-41(36)37)45(49(65-52)54-31-30-44(56)53-50(54)59)66-55-47(57)42-24-13-14-25-43(42)48(55)58/h5-31,45-46,49H,32-34H2,1-4H3,(H,53,56,59)/t45-,46+,49-,52-/m1/s1. The first-order valence-corrected chi connectivity index (χ1v) is 25.4. The third-order valence-corrected chi connectivity index (χ3v) is 18.8. The van der Waals surface area contributed by atoms with Crippen molar-refractivity contribution in [3.8, 4) is 0 Å². The Bertz CT molecular complexity index is 3150. The third-order valence-electron chi connectivity index (χ3n) is 12.6. The van der Waals surface area contributed by atoms with E-state index in [1.807, 2.05) is 110 Å². The normalized spacial score (nSPS) is 19.7. The van der Waals surface area contributed by atoms with E-state index in [0.29, 0.717) is 5.06 Å². The van der Waals surface area contributed by atoms with Gasteiger partial charge in [0.05, 0.1) is 29.2 Å². The minimum absolute atomic E-state index is 0.0798. The van der Waals surface area contributed by atoms with Crippen molar-refractivity contribution < 1.29 is 40.9 Å². The van der Waals surface area contributed by atoms with Gasteiger partial charge in [-0.25, -0.2) is 4.79 Å². The second kappa shape index (κ2) is 18.5. The van der Waals surface area contributed by atoms with Crippen LogP contribution in [0.25, 0.3) is 10.8 Å². The molecule has 3 heterocycles. The highest BCUT2D eigenvalue weighted by molar-refractivity contribution is 7.86. The number of aromatic amines is 1. The van der Waals surface area contributed by atoms with Gasteiger partial charge in [0.2, 0.25) is 0 Å². The molecule has 16 heteroatoms. The zero-order valence-electron chi connectivity index (χ0n) is 37.7. The molecule has 2 amide bonds. The van der Waals surface area contributed by atoms with E-state index in [4.69, 9.17) is 22.9 Å². The lowest BCUT2D eigenvalue weighted by Gasteiger charge is -2.45. The fraction of sp³-hybridized carbons (Fsp3) is 0.231.